The summed E-state index contributed by atoms with van der Waals surface area (Å²) in [6.45, 7) is 0. The van der Waals surface area contributed by atoms with E-state index in [2.05, 4.69) is 0 Å². The predicted molar refractivity (Wildman–Crippen MR) is 19.3 cm³/mol. The molecule has 0 aliphatic rings. The van der Waals surface area contributed by atoms with Gasteiger partial charge in [0.25, 0.3) is 0 Å². The second kappa shape index (κ2) is 18.7. The van der Waals surface area contributed by atoms with Gasteiger partial charge >= 0.3 is 54.8 Å². The van der Waals surface area contributed by atoms with E-state index in [1.807, 2.05) is 0 Å². The molecular weight excluding hydrogens is 164 g/mol. The molecular formula is H4O3SiSr. The van der Waals surface area contributed by atoms with Gasteiger partial charge in [-0.3, -0.25) is 8.92 Å². The Morgan fingerprint density at radius 1 is 1.20 bits per heavy atom. The summed E-state index contributed by atoms with van der Waals surface area (Å²) in [7, 11) is -1.42. The molecule has 0 atom stereocenters. The third kappa shape index (κ3) is 35.3. The topological polar surface area (TPSA) is 65.6 Å². The van der Waals surface area contributed by atoms with Crippen LogP contribution in [-0.4, -0.2) is 60.3 Å². The first-order valence-corrected chi connectivity index (χ1v) is 1.22. The Morgan fingerprint density at radius 2 is 1.20 bits per heavy atom. The molecule has 0 aliphatic heterocycles. The van der Waals surface area contributed by atoms with Crippen molar-refractivity contribution in [2.45, 2.75) is 0 Å². The van der Waals surface area contributed by atoms with Gasteiger partial charge < -0.3 is 5.48 Å². The van der Waals surface area contributed by atoms with Gasteiger partial charge in [0.15, 0.2) is 0 Å². The molecule has 0 aromatic rings. The Balaban J connectivity index is -0.0000000200. The molecule has 5 heteroatoms. The van der Waals surface area contributed by atoms with Crippen LogP contribution in [0.4, 0.5) is 0 Å². The Morgan fingerprint density at radius 3 is 1.20 bits per heavy atom. The average Bonchev–Trinajstić information content (AvgIpc) is 0.918. The normalized spacial score (nSPS) is 1.60. The fourth-order valence-corrected chi connectivity index (χ4v) is 0. The molecule has 2 N–H and O–H groups in total. The van der Waals surface area contributed by atoms with Gasteiger partial charge in [-0.25, -0.2) is 0 Å². The SMILES string of the molecule is O.O=[Si]=O.[SrH2]. The van der Waals surface area contributed by atoms with E-state index >= 15 is 0 Å². The molecule has 0 bridgehead atoms. The molecule has 0 radical (unpaired) electrons. The standard InChI is InChI=1S/O2Si.H2O.Sr.2H/c1-3-2;;;;/h;1H2;;;. The maximum atomic E-state index is 8.40. The molecule has 0 aromatic heterocycles. The van der Waals surface area contributed by atoms with Crippen molar-refractivity contribution >= 4 is 54.8 Å². The van der Waals surface area contributed by atoms with Gasteiger partial charge in [-0.1, -0.05) is 0 Å². The molecule has 0 unspecified atom stereocenters. The first-order chi connectivity index (χ1) is 1.41. The van der Waals surface area contributed by atoms with Crippen LogP contribution in [0, 0.1) is 0 Å². The monoisotopic (exact) mass is 168 g/mol. The third-order valence-electron chi connectivity index (χ3n) is 0. The molecule has 5 heavy (non-hydrogen) atoms. The van der Waals surface area contributed by atoms with Crippen molar-refractivity contribution in [3.8, 4) is 0 Å². The van der Waals surface area contributed by atoms with Crippen LogP contribution >= 0.6 is 0 Å². The summed E-state index contributed by atoms with van der Waals surface area (Å²) >= 11 is 0. The Labute approximate surface area is 68.3 Å². The minimum atomic E-state index is -1.42. The van der Waals surface area contributed by atoms with E-state index in [0.29, 0.717) is 0 Å². The Hall–Kier alpha value is 1.26. The van der Waals surface area contributed by atoms with Gasteiger partial charge in [-0.15, -0.1) is 0 Å². The van der Waals surface area contributed by atoms with Crippen LogP contribution in [0.15, 0.2) is 0 Å². The molecule has 0 spiro atoms. The van der Waals surface area contributed by atoms with E-state index in [-0.39, 0.29) is 51.0 Å². The number of hydrogen-bond acceptors (Lipinski definition) is 2. The Kier molecular flexibility index (Phi) is 61.0. The summed E-state index contributed by atoms with van der Waals surface area (Å²) in [6.07, 6.45) is 0. The fourth-order valence-electron chi connectivity index (χ4n) is 0. The molecule has 0 heterocycles. The van der Waals surface area contributed by atoms with Gasteiger partial charge in [0.05, 0.1) is 0 Å². The van der Waals surface area contributed by atoms with Gasteiger partial charge in [-0.2, -0.15) is 0 Å². The quantitative estimate of drug-likeness (QED) is 0.379. The summed E-state index contributed by atoms with van der Waals surface area (Å²) in [4.78, 5) is 0. The van der Waals surface area contributed by atoms with Crippen LogP contribution in [0.5, 0.6) is 0 Å². The number of rotatable bonds is 0. The molecule has 0 amide bonds. The summed E-state index contributed by atoms with van der Waals surface area (Å²) < 4.78 is 16.8. The van der Waals surface area contributed by atoms with Crippen LogP contribution in [0.25, 0.3) is 0 Å². The molecule has 28 valence electrons. The second-order valence-corrected chi connectivity index (χ2v) is 0.250. The van der Waals surface area contributed by atoms with E-state index in [4.69, 9.17) is 8.92 Å². The fraction of sp³-hybridized carbons (Fsp3) is 0. The number of hydrogen-bond donors (Lipinski definition) is 0. The second-order valence-electron chi connectivity index (χ2n) is 0.0833. The van der Waals surface area contributed by atoms with Gasteiger partial charge in [0.2, 0.25) is 0 Å². The summed E-state index contributed by atoms with van der Waals surface area (Å²) in [6, 6.07) is 0. The zero-order valence-electron chi connectivity index (χ0n) is 1.82. The first kappa shape index (κ1) is 16.3. The molecule has 0 saturated heterocycles. The van der Waals surface area contributed by atoms with E-state index < -0.39 is 9.29 Å². The van der Waals surface area contributed by atoms with Crippen molar-refractivity contribution in [3.63, 3.8) is 0 Å². The van der Waals surface area contributed by atoms with Gasteiger partial charge in [0.1, 0.15) is 0 Å². The van der Waals surface area contributed by atoms with E-state index in [9.17, 15) is 0 Å². The summed E-state index contributed by atoms with van der Waals surface area (Å²) in [5, 5.41) is 0. The maximum absolute atomic E-state index is 8.40. The third-order valence-corrected chi connectivity index (χ3v) is 0. The van der Waals surface area contributed by atoms with Crippen LogP contribution in [-0.2, 0) is 8.92 Å². The first-order valence-electron chi connectivity index (χ1n) is 0.408. The zero-order chi connectivity index (χ0) is 2.71. The van der Waals surface area contributed by atoms with Crippen LogP contribution in [0.3, 0.4) is 0 Å². The molecule has 3 nitrogen and oxygen atoms in total. The molecule has 0 rings (SSSR count). The van der Waals surface area contributed by atoms with Crippen molar-refractivity contribution in [2.75, 3.05) is 0 Å². The predicted octanol–water partition coefficient (Wildman–Crippen LogP) is -2.36. The van der Waals surface area contributed by atoms with Crippen molar-refractivity contribution in [3.05, 3.63) is 0 Å². The van der Waals surface area contributed by atoms with Crippen molar-refractivity contribution in [1.29, 1.82) is 0 Å². The van der Waals surface area contributed by atoms with Crippen molar-refractivity contribution < 1.29 is 14.4 Å². The van der Waals surface area contributed by atoms with Crippen LogP contribution < -0.4 is 0 Å². The molecule has 0 aliphatic carbocycles. The van der Waals surface area contributed by atoms with E-state index in [1.54, 1.807) is 0 Å². The Bertz CT molecular complexity index is 27.9. The van der Waals surface area contributed by atoms with Crippen LogP contribution in [0.1, 0.15) is 0 Å². The summed E-state index contributed by atoms with van der Waals surface area (Å²) in [5.74, 6) is 0. The van der Waals surface area contributed by atoms with E-state index in [0.717, 1.165) is 0 Å². The summed E-state index contributed by atoms with van der Waals surface area (Å²) in [5.41, 5.74) is 0. The van der Waals surface area contributed by atoms with E-state index in [1.165, 1.54) is 0 Å². The zero-order valence-corrected chi connectivity index (χ0v) is 2.82. The van der Waals surface area contributed by atoms with Gasteiger partial charge in [0, 0.05) is 0 Å². The van der Waals surface area contributed by atoms with Crippen molar-refractivity contribution in [1.82, 2.24) is 0 Å². The molecule has 0 aromatic carbocycles. The van der Waals surface area contributed by atoms with Crippen molar-refractivity contribution in [2.24, 2.45) is 0 Å². The molecule has 0 saturated carbocycles. The molecule has 0 fully saturated rings. The minimum absolute atomic E-state index is 0. The van der Waals surface area contributed by atoms with Crippen LogP contribution in [0.2, 0.25) is 0 Å². The van der Waals surface area contributed by atoms with Gasteiger partial charge in [-0.05, 0) is 0 Å². The average molecular weight is 168 g/mol.